The first-order valence-electron chi connectivity index (χ1n) is 7.75. The fraction of sp³-hybridized carbons (Fsp3) is 0.0500. The minimum atomic E-state index is -0.441. The third-order valence-electron chi connectivity index (χ3n) is 4.13. The van der Waals surface area contributed by atoms with E-state index in [4.69, 9.17) is 16.3 Å². The van der Waals surface area contributed by atoms with Gasteiger partial charge in [-0.1, -0.05) is 48.0 Å². The van der Waals surface area contributed by atoms with Crippen molar-refractivity contribution in [2.24, 2.45) is 0 Å². The van der Waals surface area contributed by atoms with Crippen LogP contribution in [0.4, 0.5) is 5.69 Å². The highest BCUT2D eigenvalue weighted by molar-refractivity contribution is 9.10. The Morgan fingerprint density at radius 3 is 2.16 bits per heavy atom. The lowest BCUT2D eigenvalue weighted by molar-refractivity contribution is -0.116. The molecule has 3 aromatic rings. The van der Waals surface area contributed by atoms with Crippen LogP contribution in [0.1, 0.15) is 17.0 Å². The van der Waals surface area contributed by atoms with E-state index in [0.717, 1.165) is 15.6 Å². The van der Waals surface area contributed by atoms with Crippen LogP contribution in [-0.2, 0) is 4.79 Å². The summed E-state index contributed by atoms with van der Waals surface area (Å²) in [7, 11) is 0. The fourth-order valence-electron chi connectivity index (χ4n) is 2.98. The van der Waals surface area contributed by atoms with Gasteiger partial charge in [-0.3, -0.25) is 4.79 Å². The smallest absolute Gasteiger partial charge is 0.236 e. The van der Waals surface area contributed by atoms with Crippen LogP contribution in [0.5, 0.6) is 11.5 Å². The number of anilines is 1. The molecule has 124 valence electrons. The average Bonchev–Trinajstić information content (AvgIpc) is 2.62. The third kappa shape index (κ3) is 3.03. The topological polar surface area (TPSA) is 38.3 Å². The van der Waals surface area contributed by atoms with Crippen molar-refractivity contribution >= 4 is 39.1 Å². The van der Waals surface area contributed by atoms with E-state index < -0.39 is 5.92 Å². The van der Waals surface area contributed by atoms with Crippen LogP contribution in [0.25, 0.3) is 0 Å². The van der Waals surface area contributed by atoms with Crippen molar-refractivity contribution in [3.63, 3.8) is 0 Å². The molecule has 5 heteroatoms. The van der Waals surface area contributed by atoms with Crippen LogP contribution in [0.3, 0.4) is 0 Å². The van der Waals surface area contributed by atoms with Crippen LogP contribution < -0.4 is 10.1 Å². The van der Waals surface area contributed by atoms with Gasteiger partial charge in [0.15, 0.2) is 0 Å². The zero-order valence-electron chi connectivity index (χ0n) is 13.0. The SMILES string of the molecule is O=C(Nc1ccc(Br)c(Cl)c1)C1c2ccccc2Oc2ccccc21. The highest BCUT2D eigenvalue weighted by Gasteiger charge is 2.32. The molecule has 0 saturated heterocycles. The molecule has 1 heterocycles. The predicted molar refractivity (Wildman–Crippen MR) is 103 cm³/mol. The van der Waals surface area contributed by atoms with Crippen LogP contribution in [-0.4, -0.2) is 5.91 Å². The quantitative estimate of drug-likeness (QED) is 0.560. The number of amides is 1. The number of fused-ring (bicyclic) bond motifs is 2. The largest absolute Gasteiger partial charge is 0.457 e. The van der Waals surface area contributed by atoms with Gasteiger partial charge in [0.1, 0.15) is 11.5 Å². The molecule has 1 aliphatic heterocycles. The van der Waals surface area contributed by atoms with Gasteiger partial charge in [0.25, 0.3) is 0 Å². The Morgan fingerprint density at radius 2 is 1.56 bits per heavy atom. The maximum Gasteiger partial charge on any atom is 0.236 e. The van der Waals surface area contributed by atoms with Crippen molar-refractivity contribution in [1.82, 2.24) is 0 Å². The number of rotatable bonds is 2. The standard InChI is InChI=1S/C20H13BrClNO2/c21-15-10-9-12(11-16(15)22)23-20(24)19-13-5-1-3-7-17(13)25-18-8-4-2-6-14(18)19/h1-11,19H,(H,23,24). The minimum absolute atomic E-state index is 0.124. The summed E-state index contributed by atoms with van der Waals surface area (Å²) < 4.78 is 6.72. The Kier molecular flexibility index (Phi) is 4.24. The van der Waals surface area contributed by atoms with E-state index in [2.05, 4.69) is 21.2 Å². The molecule has 0 aliphatic carbocycles. The van der Waals surface area contributed by atoms with Crippen LogP contribution in [0.2, 0.25) is 5.02 Å². The number of carbonyl (C=O) groups excluding carboxylic acids is 1. The summed E-state index contributed by atoms with van der Waals surface area (Å²) >= 11 is 9.48. The second-order valence-electron chi connectivity index (χ2n) is 5.73. The molecular formula is C20H13BrClNO2. The Labute approximate surface area is 158 Å². The summed E-state index contributed by atoms with van der Waals surface area (Å²) in [6.45, 7) is 0. The van der Waals surface area contributed by atoms with Crippen molar-refractivity contribution in [3.8, 4) is 11.5 Å². The van der Waals surface area contributed by atoms with E-state index in [1.165, 1.54) is 0 Å². The minimum Gasteiger partial charge on any atom is -0.457 e. The normalized spacial score (nSPS) is 12.7. The lowest BCUT2D eigenvalue weighted by Gasteiger charge is -2.27. The number of ether oxygens (including phenoxy) is 1. The molecule has 0 radical (unpaired) electrons. The van der Waals surface area contributed by atoms with E-state index in [-0.39, 0.29) is 5.91 Å². The molecule has 1 N–H and O–H groups in total. The van der Waals surface area contributed by atoms with Gasteiger partial charge in [0, 0.05) is 21.3 Å². The van der Waals surface area contributed by atoms with Crippen LogP contribution in [0, 0.1) is 0 Å². The molecule has 25 heavy (non-hydrogen) atoms. The van der Waals surface area contributed by atoms with E-state index in [1.807, 2.05) is 60.7 Å². The molecule has 0 atom stereocenters. The summed E-state index contributed by atoms with van der Waals surface area (Å²) in [5.74, 6) is 0.843. The maximum atomic E-state index is 13.1. The molecule has 0 spiro atoms. The lowest BCUT2D eigenvalue weighted by atomic mass is 9.87. The second kappa shape index (κ2) is 6.54. The Hall–Kier alpha value is -2.30. The van der Waals surface area contributed by atoms with Crippen molar-refractivity contribution < 1.29 is 9.53 Å². The molecule has 3 aromatic carbocycles. The lowest BCUT2D eigenvalue weighted by Crippen LogP contribution is -2.25. The second-order valence-corrected chi connectivity index (χ2v) is 6.99. The van der Waals surface area contributed by atoms with Gasteiger partial charge in [-0.15, -0.1) is 0 Å². The van der Waals surface area contributed by atoms with Gasteiger partial charge < -0.3 is 10.1 Å². The first kappa shape index (κ1) is 16.2. The maximum absolute atomic E-state index is 13.1. The molecule has 0 bridgehead atoms. The number of hydrogen-bond donors (Lipinski definition) is 1. The summed E-state index contributed by atoms with van der Waals surface area (Å²) in [5, 5.41) is 3.51. The summed E-state index contributed by atoms with van der Waals surface area (Å²) in [6, 6.07) is 20.6. The van der Waals surface area contributed by atoms with Crippen molar-refractivity contribution in [1.29, 1.82) is 0 Å². The number of benzene rings is 3. The van der Waals surface area contributed by atoms with Gasteiger partial charge in [0.2, 0.25) is 5.91 Å². The summed E-state index contributed by atoms with van der Waals surface area (Å²) in [6.07, 6.45) is 0. The first-order chi connectivity index (χ1) is 12.1. The molecule has 0 fully saturated rings. The highest BCUT2D eigenvalue weighted by atomic mass is 79.9. The van der Waals surface area contributed by atoms with Gasteiger partial charge in [-0.2, -0.15) is 0 Å². The fourth-order valence-corrected chi connectivity index (χ4v) is 3.41. The van der Waals surface area contributed by atoms with E-state index in [0.29, 0.717) is 22.2 Å². The number of nitrogens with one attached hydrogen (secondary N) is 1. The zero-order valence-corrected chi connectivity index (χ0v) is 15.3. The number of halogens is 2. The average molecular weight is 415 g/mol. The molecule has 1 aliphatic rings. The third-order valence-corrected chi connectivity index (χ3v) is 5.36. The molecule has 0 saturated carbocycles. The Morgan fingerprint density at radius 1 is 0.960 bits per heavy atom. The predicted octanol–water partition coefficient (Wildman–Crippen LogP) is 5.98. The van der Waals surface area contributed by atoms with Gasteiger partial charge in [0.05, 0.1) is 10.9 Å². The van der Waals surface area contributed by atoms with E-state index >= 15 is 0 Å². The first-order valence-corrected chi connectivity index (χ1v) is 8.92. The Balaban J connectivity index is 1.73. The molecule has 0 aromatic heterocycles. The van der Waals surface area contributed by atoms with Crippen molar-refractivity contribution in [3.05, 3.63) is 87.4 Å². The summed E-state index contributed by atoms with van der Waals surface area (Å²) in [5.41, 5.74) is 2.35. The molecule has 3 nitrogen and oxygen atoms in total. The van der Waals surface area contributed by atoms with Gasteiger partial charge in [-0.25, -0.2) is 0 Å². The van der Waals surface area contributed by atoms with Crippen molar-refractivity contribution in [2.45, 2.75) is 5.92 Å². The molecular weight excluding hydrogens is 402 g/mol. The molecule has 0 unspecified atom stereocenters. The monoisotopic (exact) mass is 413 g/mol. The molecule has 4 rings (SSSR count). The number of hydrogen-bond acceptors (Lipinski definition) is 2. The molecule has 1 amide bonds. The van der Waals surface area contributed by atoms with E-state index in [1.54, 1.807) is 6.07 Å². The Bertz CT molecular complexity index is 928. The van der Waals surface area contributed by atoms with Crippen LogP contribution >= 0.6 is 27.5 Å². The highest BCUT2D eigenvalue weighted by Crippen LogP contribution is 2.44. The van der Waals surface area contributed by atoms with E-state index in [9.17, 15) is 4.79 Å². The van der Waals surface area contributed by atoms with Crippen LogP contribution in [0.15, 0.2) is 71.2 Å². The summed E-state index contributed by atoms with van der Waals surface area (Å²) in [4.78, 5) is 13.1. The van der Waals surface area contributed by atoms with Crippen molar-refractivity contribution in [2.75, 3.05) is 5.32 Å². The zero-order chi connectivity index (χ0) is 17.4. The van der Waals surface area contributed by atoms with Gasteiger partial charge in [-0.05, 0) is 46.3 Å². The van der Waals surface area contributed by atoms with Gasteiger partial charge >= 0.3 is 0 Å². The number of para-hydroxylation sites is 2. The number of carbonyl (C=O) groups is 1.